The largest absolute Gasteiger partial charge is 0.508 e. The average Bonchev–Trinajstić information content (AvgIpc) is 2.59. The van der Waals surface area contributed by atoms with E-state index in [4.69, 9.17) is 9.47 Å². The fourth-order valence-electron chi connectivity index (χ4n) is 2.86. The summed E-state index contributed by atoms with van der Waals surface area (Å²) in [7, 11) is 0. The Morgan fingerprint density at radius 2 is 1.25 bits per heavy atom. The molecule has 0 aliphatic rings. The molecule has 0 atom stereocenters. The molecule has 0 fully saturated rings. The van der Waals surface area contributed by atoms with E-state index >= 15 is 0 Å². The van der Waals surface area contributed by atoms with Gasteiger partial charge in [0, 0.05) is 5.33 Å². The molecular formula is C20H39BrO3. The molecule has 144 valence electrons. The van der Waals surface area contributed by atoms with Gasteiger partial charge in [0.15, 0.2) is 0 Å². The molecule has 0 N–H and O–H groups in total. The van der Waals surface area contributed by atoms with Gasteiger partial charge < -0.3 is 9.47 Å². The van der Waals surface area contributed by atoms with Crippen LogP contribution < -0.4 is 0 Å². The van der Waals surface area contributed by atoms with E-state index in [0.29, 0.717) is 13.2 Å². The first kappa shape index (κ1) is 23.8. The number of rotatable bonds is 17. The maximum atomic E-state index is 11.5. The second-order valence-electron chi connectivity index (χ2n) is 6.70. The van der Waals surface area contributed by atoms with Crippen LogP contribution in [-0.2, 0) is 9.47 Å². The van der Waals surface area contributed by atoms with Gasteiger partial charge in [0.25, 0.3) is 0 Å². The molecule has 0 bridgehead atoms. The number of alkyl halides is 1. The average molecular weight is 407 g/mol. The van der Waals surface area contributed by atoms with Crippen LogP contribution in [0.2, 0.25) is 0 Å². The molecule has 0 radical (unpaired) electrons. The standard InChI is InChI=1S/C20H39BrO3/c1-3-5-13-19(14-6-4-2)15-9-12-18-24-20(22)23-17-11-8-7-10-16-21/h19H,3-18H2,1-2H3. The van der Waals surface area contributed by atoms with Crippen molar-refractivity contribution in [3.05, 3.63) is 0 Å². The molecular weight excluding hydrogens is 368 g/mol. The fraction of sp³-hybridized carbons (Fsp3) is 0.950. The summed E-state index contributed by atoms with van der Waals surface area (Å²) < 4.78 is 10.2. The van der Waals surface area contributed by atoms with Crippen molar-refractivity contribution in [3.8, 4) is 0 Å². The first-order chi connectivity index (χ1) is 11.7. The first-order valence-corrected chi connectivity index (χ1v) is 11.2. The Hall–Kier alpha value is -0.250. The predicted molar refractivity (Wildman–Crippen MR) is 106 cm³/mol. The molecule has 0 aromatic rings. The van der Waals surface area contributed by atoms with Crippen LogP contribution in [-0.4, -0.2) is 24.7 Å². The number of hydrogen-bond donors (Lipinski definition) is 0. The van der Waals surface area contributed by atoms with Crippen molar-refractivity contribution in [1.29, 1.82) is 0 Å². The molecule has 0 saturated carbocycles. The Kier molecular flexibility index (Phi) is 18.9. The van der Waals surface area contributed by atoms with Gasteiger partial charge in [-0.2, -0.15) is 0 Å². The molecule has 0 rings (SSSR count). The van der Waals surface area contributed by atoms with Crippen molar-refractivity contribution in [1.82, 2.24) is 0 Å². The maximum absolute atomic E-state index is 11.5. The third-order valence-electron chi connectivity index (χ3n) is 4.41. The van der Waals surface area contributed by atoms with Crippen LogP contribution >= 0.6 is 15.9 Å². The smallest absolute Gasteiger partial charge is 0.434 e. The molecule has 3 nitrogen and oxygen atoms in total. The zero-order chi connectivity index (χ0) is 17.9. The van der Waals surface area contributed by atoms with Crippen LogP contribution in [0.4, 0.5) is 4.79 Å². The molecule has 0 heterocycles. The molecule has 0 amide bonds. The lowest BCUT2D eigenvalue weighted by Gasteiger charge is -2.16. The second-order valence-corrected chi connectivity index (χ2v) is 7.49. The van der Waals surface area contributed by atoms with Crippen molar-refractivity contribution >= 4 is 22.1 Å². The molecule has 0 spiro atoms. The molecule has 0 aliphatic carbocycles. The van der Waals surface area contributed by atoms with Gasteiger partial charge in [-0.1, -0.05) is 87.6 Å². The molecule has 4 heteroatoms. The quantitative estimate of drug-likeness (QED) is 0.145. The summed E-state index contributed by atoms with van der Waals surface area (Å²) in [6, 6.07) is 0. The summed E-state index contributed by atoms with van der Waals surface area (Å²) >= 11 is 3.41. The number of halogens is 1. The number of unbranched alkanes of at least 4 members (excludes halogenated alkanes) is 6. The lowest BCUT2D eigenvalue weighted by molar-refractivity contribution is 0.0527. The van der Waals surface area contributed by atoms with Gasteiger partial charge in [0.1, 0.15) is 0 Å². The summed E-state index contributed by atoms with van der Waals surface area (Å²) in [5.74, 6) is 0.858. The molecule has 0 aromatic carbocycles. The van der Waals surface area contributed by atoms with Crippen LogP contribution in [0.3, 0.4) is 0 Å². The van der Waals surface area contributed by atoms with Gasteiger partial charge in [-0.05, 0) is 31.6 Å². The highest BCUT2D eigenvalue weighted by atomic mass is 79.9. The second kappa shape index (κ2) is 19.1. The van der Waals surface area contributed by atoms with Gasteiger partial charge in [-0.15, -0.1) is 0 Å². The summed E-state index contributed by atoms with van der Waals surface area (Å²) in [6.45, 7) is 5.50. The van der Waals surface area contributed by atoms with E-state index in [2.05, 4.69) is 29.8 Å². The Bertz CT molecular complexity index is 264. The van der Waals surface area contributed by atoms with Crippen LogP contribution in [0.1, 0.15) is 97.3 Å². The summed E-state index contributed by atoms with van der Waals surface area (Å²) in [4.78, 5) is 11.5. The minimum atomic E-state index is -0.496. The van der Waals surface area contributed by atoms with E-state index in [0.717, 1.165) is 36.9 Å². The van der Waals surface area contributed by atoms with Crippen molar-refractivity contribution in [2.45, 2.75) is 97.3 Å². The van der Waals surface area contributed by atoms with Crippen molar-refractivity contribution in [2.24, 2.45) is 5.92 Å². The van der Waals surface area contributed by atoms with E-state index in [1.807, 2.05) is 0 Å². The molecule has 0 aromatic heterocycles. The number of carbonyl (C=O) groups excluding carboxylic acids is 1. The zero-order valence-electron chi connectivity index (χ0n) is 16.0. The van der Waals surface area contributed by atoms with Crippen molar-refractivity contribution in [3.63, 3.8) is 0 Å². The molecule has 24 heavy (non-hydrogen) atoms. The third kappa shape index (κ3) is 16.6. The van der Waals surface area contributed by atoms with E-state index < -0.39 is 6.16 Å². The number of ether oxygens (including phenoxy) is 2. The highest BCUT2D eigenvalue weighted by molar-refractivity contribution is 9.09. The molecule has 0 aliphatic heterocycles. The van der Waals surface area contributed by atoms with Gasteiger partial charge in [-0.3, -0.25) is 0 Å². The van der Waals surface area contributed by atoms with Crippen LogP contribution in [0.25, 0.3) is 0 Å². The zero-order valence-corrected chi connectivity index (χ0v) is 17.6. The van der Waals surface area contributed by atoms with E-state index in [1.54, 1.807) is 0 Å². The van der Waals surface area contributed by atoms with Crippen LogP contribution in [0, 0.1) is 5.92 Å². The molecule has 0 saturated heterocycles. The van der Waals surface area contributed by atoms with Crippen LogP contribution in [0.15, 0.2) is 0 Å². The topological polar surface area (TPSA) is 35.5 Å². The summed E-state index contributed by atoms with van der Waals surface area (Å²) in [5.41, 5.74) is 0. The number of hydrogen-bond acceptors (Lipinski definition) is 3. The van der Waals surface area contributed by atoms with E-state index in [-0.39, 0.29) is 0 Å². The Morgan fingerprint density at radius 1 is 0.750 bits per heavy atom. The van der Waals surface area contributed by atoms with Gasteiger partial charge in [-0.25, -0.2) is 4.79 Å². The third-order valence-corrected chi connectivity index (χ3v) is 4.97. The van der Waals surface area contributed by atoms with Gasteiger partial charge in [0.05, 0.1) is 13.2 Å². The predicted octanol–water partition coefficient (Wildman–Crippen LogP) is 7.26. The van der Waals surface area contributed by atoms with Crippen LogP contribution in [0.5, 0.6) is 0 Å². The summed E-state index contributed by atoms with van der Waals surface area (Å²) in [5, 5.41) is 1.05. The minimum Gasteiger partial charge on any atom is -0.434 e. The summed E-state index contributed by atoms with van der Waals surface area (Å²) in [6.07, 6.45) is 15.2. The van der Waals surface area contributed by atoms with Gasteiger partial charge in [0.2, 0.25) is 0 Å². The van der Waals surface area contributed by atoms with Crippen molar-refractivity contribution < 1.29 is 14.3 Å². The van der Waals surface area contributed by atoms with E-state index in [9.17, 15) is 4.79 Å². The lowest BCUT2D eigenvalue weighted by Crippen LogP contribution is -2.10. The fourth-order valence-corrected chi connectivity index (χ4v) is 3.25. The van der Waals surface area contributed by atoms with Crippen molar-refractivity contribution in [2.75, 3.05) is 18.5 Å². The highest BCUT2D eigenvalue weighted by Crippen LogP contribution is 2.22. The normalized spacial score (nSPS) is 11.0. The molecule has 0 unspecified atom stereocenters. The lowest BCUT2D eigenvalue weighted by atomic mass is 9.91. The highest BCUT2D eigenvalue weighted by Gasteiger charge is 2.08. The first-order valence-electron chi connectivity index (χ1n) is 10.1. The monoisotopic (exact) mass is 406 g/mol. The van der Waals surface area contributed by atoms with E-state index in [1.165, 1.54) is 57.8 Å². The maximum Gasteiger partial charge on any atom is 0.508 e. The Balaban J connectivity index is 3.52. The van der Waals surface area contributed by atoms with Gasteiger partial charge >= 0.3 is 6.16 Å². The number of carbonyl (C=O) groups is 1. The Labute approximate surface area is 158 Å². The SMILES string of the molecule is CCCCC(CCCC)CCCCOC(=O)OCCCCCCBr. The Morgan fingerprint density at radius 3 is 1.79 bits per heavy atom. The minimum absolute atomic E-state index is 0.483.